The Kier molecular flexibility index (Phi) is 9.47. The fourth-order valence-corrected chi connectivity index (χ4v) is 3.94. The Hall–Kier alpha value is -1.96. The summed E-state index contributed by atoms with van der Waals surface area (Å²) < 4.78 is 38.3. The first-order valence-electron chi connectivity index (χ1n) is 10.3. The summed E-state index contributed by atoms with van der Waals surface area (Å²) in [4.78, 5) is 18.6. The van der Waals surface area contributed by atoms with Crippen molar-refractivity contribution in [2.24, 2.45) is 10.9 Å². The molecule has 1 atom stereocenters. The molecular formula is C22H28F3IN4O. The number of aliphatic imine (C=N–C) groups is 1. The van der Waals surface area contributed by atoms with Gasteiger partial charge in [0.25, 0.3) is 0 Å². The van der Waals surface area contributed by atoms with E-state index in [2.05, 4.69) is 27.5 Å². The van der Waals surface area contributed by atoms with E-state index >= 15 is 0 Å². The van der Waals surface area contributed by atoms with Gasteiger partial charge in [0.15, 0.2) is 5.96 Å². The summed E-state index contributed by atoms with van der Waals surface area (Å²) in [7, 11) is 1.64. The lowest BCUT2D eigenvalue weighted by atomic mass is 10.1. The smallest absolute Gasteiger partial charge is 0.352 e. The van der Waals surface area contributed by atoms with Gasteiger partial charge in [0.05, 0.1) is 12.1 Å². The van der Waals surface area contributed by atoms with Gasteiger partial charge in [0.2, 0.25) is 5.91 Å². The monoisotopic (exact) mass is 548 g/mol. The molecule has 2 N–H and O–H groups in total. The molecule has 5 nitrogen and oxygen atoms in total. The zero-order chi connectivity index (χ0) is 21.6. The Labute approximate surface area is 198 Å². The molecule has 1 saturated carbocycles. The average molecular weight is 548 g/mol. The molecule has 0 bridgehead atoms. The zero-order valence-electron chi connectivity index (χ0n) is 17.5. The van der Waals surface area contributed by atoms with Crippen LogP contribution in [0.1, 0.15) is 43.2 Å². The van der Waals surface area contributed by atoms with E-state index in [9.17, 15) is 18.0 Å². The third-order valence-corrected chi connectivity index (χ3v) is 5.54. The molecule has 1 aliphatic heterocycles. The first-order chi connectivity index (χ1) is 14.4. The summed E-state index contributed by atoms with van der Waals surface area (Å²) in [5, 5.41) is 6.35. The fourth-order valence-electron chi connectivity index (χ4n) is 3.94. The van der Waals surface area contributed by atoms with Crippen LogP contribution in [0.5, 0.6) is 0 Å². The molecule has 0 aromatic heterocycles. The number of hydrogen-bond acceptors (Lipinski definition) is 2. The summed E-state index contributed by atoms with van der Waals surface area (Å²) in [6.45, 7) is 1.65. The number of nitrogens with zero attached hydrogens (tertiary/aromatic N) is 2. The number of rotatable bonds is 3. The minimum atomic E-state index is -4.38. The molecule has 1 saturated heterocycles. The quantitative estimate of drug-likeness (QED) is 0.263. The minimum absolute atomic E-state index is 0. The van der Waals surface area contributed by atoms with Crippen molar-refractivity contribution < 1.29 is 18.0 Å². The molecule has 1 amide bonds. The number of halogens is 4. The third-order valence-electron chi connectivity index (χ3n) is 5.54. The van der Waals surface area contributed by atoms with Gasteiger partial charge in [-0.05, 0) is 37.5 Å². The maximum absolute atomic E-state index is 12.8. The lowest BCUT2D eigenvalue weighted by Gasteiger charge is -2.21. The lowest BCUT2D eigenvalue weighted by molar-refractivity contribution is -0.137. The molecule has 1 heterocycles. The van der Waals surface area contributed by atoms with Gasteiger partial charge in [0, 0.05) is 37.7 Å². The second-order valence-electron chi connectivity index (χ2n) is 7.70. The Bertz CT molecular complexity index is 841. The molecule has 2 aliphatic rings. The van der Waals surface area contributed by atoms with Crippen molar-refractivity contribution in [1.82, 2.24) is 15.5 Å². The summed E-state index contributed by atoms with van der Waals surface area (Å²) >= 11 is 0. The summed E-state index contributed by atoms with van der Waals surface area (Å²) in [5.74, 6) is 6.58. The van der Waals surface area contributed by atoms with Gasteiger partial charge in [0.1, 0.15) is 0 Å². The number of guanidine groups is 1. The maximum Gasteiger partial charge on any atom is 0.416 e. The molecule has 31 heavy (non-hydrogen) atoms. The van der Waals surface area contributed by atoms with Crippen LogP contribution < -0.4 is 10.6 Å². The van der Waals surface area contributed by atoms with Crippen LogP contribution in [0.4, 0.5) is 13.2 Å². The summed E-state index contributed by atoms with van der Waals surface area (Å²) in [5.41, 5.74) is -0.399. The number of alkyl halides is 3. The van der Waals surface area contributed by atoms with Crippen LogP contribution in [0.25, 0.3) is 0 Å². The Morgan fingerprint density at radius 2 is 2.00 bits per heavy atom. The minimum Gasteiger partial charge on any atom is -0.352 e. The molecule has 0 radical (unpaired) electrons. The first-order valence-corrected chi connectivity index (χ1v) is 10.3. The number of likely N-dealkylation sites (tertiary alicyclic amines) is 1. The van der Waals surface area contributed by atoms with E-state index < -0.39 is 11.7 Å². The molecule has 0 spiro atoms. The number of hydrogen-bond donors (Lipinski definition) is 2. The van der Waals surface area contributed by atoms with Crippen LogP contribution in [0.3, 0.4) is 0 Å². The van der Waals surface area contributed by atoms with Gasteiger partial charge >= 0.3 is 6.18 Å². The number of amides is 1. The van der Waals surface area contributed by atoms with E-state index in [1.165, 1.54) is 6.07 Å². The first kappa shape index (κ1) is 25.3. The lowest BCUT2D eigenvalue weighted by Crippen LogP contribution is -2.45. The van der Waals surface area contributed by atoms with Gasteiger partial charge in [-0.1, -0.05) is 30.7 Å². The molecule has 170 valence electrons. The van der Waals surface area contributed by atoms with Crippen molar-refractivity contribution >= 4 is 35.8 Å². The van der Waals surface area contributed by atoms with Crippen LogP contribution in [0.2, 0.25) is 0 Å². The molecule has 3 rings (SSSR count). The van der Waals surface area contributed by atoms with Crippen molar-refractivity contribution in [2.75, 3.05) is 26.7 Å². The molecule has 9 heteroatoms. The SMILES string of the molecule is CN=C(NCC#Cc1cccc(C(F)(F)F)c1)NC1CCN(C(=O)C2CCCC2)C1.I. The Balaban J connectivity index is 0.00000341. The number of carbonyl (C=O) groups excluding carboxylic acids is 1. The van der Waals surface area contributed by atoms with Crippen LogP contribution in [-0.2, 0) is 11.0 Å². The van der Waals surface area contributed by atoms with E-state index in [1.54, 1.807) is 13.1 Å². The molecule has 1 aromatic rings. The number of carbonyl (C=O) groups is 1. The highest BCUT2D eigenvalue weighted by atomic mass is 127. The van der Waals surface area contributed by atoms with Gasteiger partial charge in [-0.3, -0.25) is 9.79 Å². The number of nitrogens with one attached hydrogen (secondary N) is 2. The van der Waals surface area contributed by atoms with E-state index in [0.29, 0.717) is 18.1 Å². The number of benzene rings is 1. The zero-order valence-corrected chi connectivity index (χ0v) is 19.8. The largest absolute Gasteiger partial charge is 0.416 e. The highest BCUT2D eigenvalue weighted by Gasteiger charge is 2.32. The standard InChI is InChI=1S/C22H27F3N4O.HI/c1-26-21(27-12-5-7-16-6-4-10-18(14-16)22(23,24)25)28-19-11-13-29(15-19)20(30)17-8-2-3-9-17;/h4,6,10,14,17,19H,2-3,8-9,11-13,15H2,1H3,(H2,26,27,28);1H. The Morgan fingerprint density at radius 3 is 2.68 bits per heavy atom. The predicted octanol–water partition coefficient (Wildman–Crippen LogP) is 3.63. The maximum atomic E-state index is 12.8. The Morgan fingerprint density at radius 1 is 1.26 bits per heavy atom. The van der Waals surface area contributed by atoms with E-state index in [1.807, 2.05) is 4.90 Å². The van der Waals surface area contributed by atoms with Crippen LogP contribution in [-0.4, -0.2) is 49.5 Å². The highest BCUT2D eigenvalue weighted by molar-refractivity contribution is 14.0. The summed E-state index contributed by atoms with van der Waals surface area (Å²) in [6, 6.07) is 5.08. The highest BCUT2D eigenvalue weighted by Crippen LogP contribution is 2.29. The van der Waals surface area contributed by atoms with Crippen LogP contribution in [0, 0.1) is 17.8 Å². The van der Waals surface area contributed by atoms with E-state index in [0.717, 1.165) is 50.8 Å². The molecular weight excluding hydrogens is 520 g/mol. The van der Waals surface area contributed by atoms with Crippen molar-refractivity contribution in [2.45, 2.75) is 44.3 Å². The molecule has 1 unspecified atom stereocenters. The second-order valence-corrected chi connectivity index (χ2v) is 7.70. The average Bonchev–Trinajstić information content (AvgIpc) is 3.41. The predicted molar refractivity (Wildman–Crippen MR) is 125 cm³/mol. The van der Waals surface area contributed by atoms with Crippen LogP contribution >= 0.6 is 24.0 Å². The van der Waals surface area contributed by atoms with Crippen molar-refractivity contribution in [3.05, 3.63) is 35.4 Å². The second kappa shape index (κ2) is 11.6. The van der Waals surface area contributed by atoms with E-state index in [-0.39, 0.29) is 48.4 Å². The molecule has 2 fully saturated rings. The van der Waals surface area contributed by atoms with Gasteiger partial charge in [-0.15, -0.1) is 24.0 Å². The summed E-state index contributed by atoms with van der Waals surface area (Å²) in [6.07, 6.45) is 0.766. The fraction of sp³-hybridized carbons (Fsp3) is 0.545. The van der Waals surface area contributed by atoms with Crippen molar-refractivity contribution in [3.8, 4) is 11.8 Å². The normalized spacial score (nSPS) is 19.4. The van der Waals surface area contributed by atoms with Gasteiger partial charge in [-0.2, -0.15) is 13.2 Å². The topological polar surface area (TPSA) is 56.7 Å². The van der Waals surface area contributed by atoms with Gasteiger partial charge in [-0.25, -0.2) is 0 Å². The third kappa shape index (κ3) is 7.30. The van der Waals surface area contributed by atoms with Gasteiger partial charge < -0.3 is 15.5 Å². The van der Waals surface area contributed by atoms with E-state index in [4.69, 9.17) is 0 Å². The molecule has 1 aliphatic carbocycles. The van der Waals surface area contributed by atoms with Crippen LogP contribution in [0.15, 0.2) is 29.3 Å². The molecule has 1 aromatic carbocycles. The van der Waals surface area contributed by atoms with Crippen molar-refractivity contribution in [3.63, 3.8) is 0 Å². The van der Waals surface area contributed by atoms with Crippen molar-refractivity contribution in [1.29, 1.82) is 0 Å².